The average Bonchev–Trinajstić information content (AvgIpc) is 2.56. The highest BCUT2D eigenvalue weighted by Crippen LogP contribution is 2.32. The van der Waals surface area contributed by atoms with E-state index in [1.54, 1.807) is 7.05 Å². The van der Waals surface area contributed by atoms with E-state index in [4.69, 9.17) is 16.3 Å². The quantitative estimate of drug-likeness (QED) is 0.638. The van der Waals surface area contributed by atoms with E-state index in [-0.39, 0.29) is 4.75 Å². The van der Waals surface area contributed by atoms with Gasteiger partial charge in [0.1, 0.15) is 0 Å². The maximum Gasteiger partial charge on any atom is 0.191 e. The predicted molar refractivity (Wildman–Crippen MR) is 96.0 cm³/mol. The number of benzene rings is 1. The molecule has 0 unspecified atom stereocenters. The molecule has 122 valence electrons. The van der Waals surface area contributed by atoms with Crippen LogP contribution in [0, 0.1) is 0 Å². The van der Waals surface area contributed by atoms with Gasteiger partial charge in [-0.05, 0) is 36.8 Å². The molecule has 0 amide bonds. The molecular weight excluding hydrogens is 318 g/mol. The van der Waals surface area contributed by atoms with E-state index >= 15 is 0 Å². The fourth-order valence-electron chi connectivity index (χ4n) is 2.49. The van der Waals surface area contributed by atoms with Crippen LogP contribution in [0.3, 0.4) is 0 Å². The fourth-order valence-corrected chi connectivity index (χ4v) is 3.50. The zero-order valence-electron chi connectivity index (χ0n) is 13.2. The Morgan fingerprint density at radius 2 is 2.14 bits per heavy atom. The molecule has 1 heterocycles. The Labute approximate surface area is 142 Å². The molecule has 6 heteroatoms. The third-order valence-electron chi connectivity index (χ3n) is 3.99. The molecule has 22 heavy (non-hydrogen) atoms. The van der Waals surface area contributed by atoms with Crippen molar-refractivity contribution >= 4 is 29.3 Å². The standard InChI is InChI=1S/C16H24ClN3OS/c1-18-15(19-11-13-4-3-5-14(17)10-13)20-12-16(22-2)6-8-21-9-7-16/h3-5,10H,6-9,11-12H2,1-2H3,(H2,18,19,20). The summed E-state index contributed by atoms with van der Waals surface area (Å²) in [5.74, 6) is 0.819. The lowest BCUT2D eigenvalue weighted by atomic mass is 9.99. The molecule has 1 aromatic rings. The van der Waals surface area contributed by atoms with Gasteiger partial charge in [-0.3, -0.25) is 4.99 Å². The Morgan fingerprint density at radius 1 is 1.36 bits per heavy atom. The van der Waals surface area contributed by atoms with Crippen LogP contribution in [0.15, 0.2) is 29.3 Å². The molecule has 0 atom stereocenters. The molecule has 0 saturated carbocycles. The van der Waals surface area contributed by atoms with Gasteiger partial charge in [-0.15, -0.1) is 0 Å². The van der Waals surface area contributed by atoms with E-state index in [2.05, 4.69) is 21.9 Å². The molecule has 1 aliphatic heterocycles. The van der Waals surface area contributed by atoms with Crippen LogP contribution in [-0.4, -0.2) is 43.8 Å². The van der Waals surface area contributed by atoms with Crippen LogP contribution in [0.5, 0.6) is 0 Å². The Morgan fingerprint density at radius 3 is 2.77 bits per heavy atom. The van der Waals surface area contributed by atoms with Gasteiger partial charge in [0.25, 0.3) is 0 Å². The van der Waals surface area contributed by atoms with Crippen LogP contribution in [0.1, 0.15) is 18.4 Å². The van der Waals surface area contributed by atoms with Crippen molar-refractivity contribution in [2.45, 2.75) is 24.1 Å². The largest absolute Gasteiger partial charge is 0.381 e. The fraction of sp³-hybridized carbons (Fsp3) is 0.562. The summed E-state index contributed by atoms with van der Waals surface area (Å²) in [6.07, 6.45) is 4.33. The van der Waals surface area contributed by atoms with Crippen molar-refractivity contribution in [3.05, 3.63) is 34.9 Å². The van der Waals surface area contributed by atoms with Crippen molar-refractivity contribution in [3.8, 4) is 0 Å². The van der Waals surface area contributed by atoms with Gasteiger partial charge < -0.3 is 15.4 Å². The van der Waals surface area contributed by atoms with E-state index in [1.807, 2.05) is 36.0 Å². The van der Waals surface area contributed by atoms with E-state index in [0.29, 0.717) is 6.54 Å². The minimum Gasteiger partial charge on any atom is -0.381 e. The molecule has 2 rings (SSSR count). The summed E-state index contributed by atoms with van der Waals surface area (Å²) in [6.45, 7) is 3.29. The lowest BCUT2D eigenvalue weighted by Crippen LogP contribution is -2.47. The number of aliphatic imine (C=N–C) groups is 1. The maximum atomic E-state index is 6.01. The normalized spacial score (nSPS) is 18.0. The minimum atomic E-state index is 0.242. The van der Waals surface area contributed by atoms with Crippen molar-refractivity contribution in [1.82, 2.24) is 10.6 Å². The van der Waals surface area contributed by atoms with Gasteiger partial charge in [0.05, 0.1) is 0 Å². The van der Waals surface area contributed by atoms with Gasteiger partial charge in [0.2, 0.25) is 0 Å². The van der Waals surface area contributed by atoms with E-state index in [0.717, 1.165) is 49.1 Å². The minimum absolute atomic E-state index is 0.242. The zero-order chi connectivity index (χ0) is 15.8. The molecule has 0 radical (unpaired) electrons. The molecule has 4 nitrogen and oxygen atoms in total. The molecule has 1 aromatic carbocycles. The average molecular weight is 342 g/mol. The molecular formula is C16H24ClN3OS. The second kappa shape index (κ2) is 8.65. The van der Waals surface area contributed by atoms with Crippen LogP contribution >= 0.6 is 23.4 Å². The summed E-state index contributed by atoms with van der Waals surface area (Å²) in [6, 6.07) is 7.85. The number of hydrogen-bond donors (Lipinski definition) is 2. The first kappa shape index (κ1) is 17.4. The van der Waals surface area contributed by atoms with E-state index in [9.17, 15) is 0 Å². The number of halogens is 1. The number of rotatable bonds is 5. The van der Waals surface area contributed by atoms with Crippen LogP contribution in [0.4, 0.5) is 0 Å². The van der Waals surface area contributed by atoms with E-state index < -0.39 is 0 Å². The zero-order valence-corrected chi connectivity index (χ0v) is 14.8. The highest BCUT2D eigenvalue weighted by Gasteiger charge is 2.31. The smallest absolute Gasteiger partial charge is 0.191 e. The predicted octanol–water partition coefficient (Wildman–Crippen LogP) is 2.92. The van der Waals surface area contributed by atoms with Gasteiger partial charge in [0.15, 0.2) is 5.96 Å². The van der Waals surface area contributed by atoms with Crippen molar-refractivity contribution < 1.29 is 4.74 Å². The summed E-state index contributed by atoms with van der Waals surface area (Å²) in [5, 5.41) is 7.53. The first-order valence-corrected chi connectivity index (χ1v) is 9.09. The van der Waals surface area contributed by atoms with Crippen LogP contribution < -0.4 is 10.6 Å². The van der Waals surface area contributed by atoms with Crippen molar-refractivity contribution in [2.24, 2.45) is 4.99 Å². The summed E-state index contributed by atoms with van der Waals surface area (Å²) in [5.41, 5.74) is 1.14. The highest BCUT2D eigenvalue weighted by molar-refractivity contribution is 8.00. The number of guanidine groups is 1. The maximum absolute atomic E-state index is 6.01. The third kappa shape index (κ3) is 5.07. The second-order valence-electron chi connectivity index (χ2n) is 5.41. The highest BCUT2D eigenvalue weighted by atomic mass is 35.5. The lowest BCUT2D eigenvalue weighted by Gasteiger charge is -2.36. The van der Waals surface area contributed by atoms with Gasteiger partial charge >= 0.3 is 0 Å². The molecule has 2 N–H and O–H groups in total. The van der Waals surface area contributed by atoms with Crippen molar-refractivity contribution in [2.75, 3.05) is 33.1 Å². The Balaban J connectivity index is 1.84. The molecule has 1 aliphatic rings. The van der Waals surface area contributed by atoms with Gasteiger partial charge in [-0.25, -0.2) is 0 Å². The molecule has 1 fully saturated rings. The number of thioether (sulfide) groups is 1. The van der Waals surface area contributed by atoms with Gasteiger partial charge in [-0.2, -0.15) is 11.8 Å². The Hall–Kier alpha value is -0.910. The van der Waals surface area contributed by atoms with Crippen LogP contribution in [-0.2, 0) is 11.3 Å². The van der Waals surface area contributed by atoms with Crippen molar-refractivity contribution in [3.63, 3.8) is 0 Å². The Bertz CT molecular complexity index is 504. The van der Waals surface area contributed by atoms with Crippen molar-refractivity contribution in [1.29, 1.82) is 0 Å². The number of nitrogens with zero attached hydrogens (tertiary/aromatic N) is 1. The summed E-state index contributed by atoms with van der Waals surface area (Å²) in [4.78, 5) is 4.30. The third-order valence-corrected chi connectivity index (χ3v) is 5.64. The molecule has 0 bridgehead atoms. The second-order valence-corrected chi connectivity index (χ2v) is 7.12. The van der Waals surface area contributed by atoms with Gasteiger partial charge in [0, 0.05) is 43.1 Å². The van der Waals surface area contributed by atoms with E-state index in [1.165, 1.54) is 0 Å². The van der Waals surface area contributed by atoms with Crippen LogP contribution in [0.25, 0.3) is 0 Å². The number of ether oxygens (including phenoxy) is 1. The molecule has 0 aliphatic carbocycles. The van der Waals surface area contributed by atoms with Gasteiger partial charge in [-0.1, -0.05) is 23.7 Å². The number of nitrogens with one attached hydrogen (secondary N) is 2. The topological polar surface area (TPSA) is 45.7 Å². The summed E-state index contributed by atoms with van der Waals surface area (Å²) < 4.78 is 5.72. The summed E-state index contributed by atoms with van der Waals surface area (Å²) in [7, 11) is 1.79. The molecule has 1 saturated heterocycles. The Kier molecular flexibility index (Phi) is 6.86. The van der Waals surface area contributed by atoms with Crippen LogP contribution in [0.2, 0.25) is 5.02 Å². The first-order valence-electron chi connectivity index (χ1n) is 7.49. The lowest BCUT2D eigenvalue weighted by molar-refractivity contribution is 0.0783. The SMILES string of the molecule is CN=C(NCc1cccc(Cl)c1)NCC1(SC)CCOCC1. The molecule has 0 aromatic heterocycles. The number of hydrogen-bond acceptors (Lipinski definition) is 3. The monoisotopic (exact) mass is 341 g/mol. The summed E-state index contributed by atoms with van der Waals surface area (Å²) >= 11 is 7.92. The molecule has 0 spiro atoms. The first-order chi connectivity index (χ1) is 10.7.